The molecule has 7 heteroatoms. The molecule has 3 rings (SSSR count). The number of amides is 1. The lowest BCUT2D eigenvalue weighted by atomic mass is 9.79. The molecule has 162 valence electrons. The molecular weight excluding hydrogens is 398 g/mol. The summed E-state index contributed by atoms with van der Waals surface area (Å²) in [5.41, 5.74) is 1.15. The smallest absolute Gasteiger partial charge is 0.264 e. The van der Waals surface area contributed by atoms with Crippen LogP contribution in [0.2, 0.25) is 0 Å². The number of nitrogens with zero attached hydrogens (tertiary/aromatic N) is 1. The number of sulfonamides is 1. The maximum atomic E-state index is 12.9. The van der Waals surface area contributed by atoms with Gasteiger partial charge in [0.25, 0.3) is 15.9 Å². The molecular formula is C23H32N3O3S+. The molecule has 3 N–H and O–H groups in total. The summed E-state index contributed by atoms with van der Waals surface area (Å²) >= 11 is 0. The Morgan fingerprint density at radius 2 is 1.50 bits per heavy atom. The van der Waals surface area contributed by atoms with Crippen molar-refractivity contribution in [2.75, 3.05) is 11.4 Å². The normalized spacial score (nSPS) is 18.6. The lowest BCUT2D eigenvalue weighted by Gasteiger charge is -2.43. The van der Waals surface area contributed by atoms with Crippen LogP contribution in [0.5, 0.6) is 0 Å². The fourth-order valence-corrected chi connectivity index (χ4v) is 5.80. The van der Waals surface area contributed by atoms with Gasteiger partial charge in [-0.3, -0.25) is 9.10 Å². The van der Waals surface area contributed by atoms with E-state index in [1.165, 1.54) is 23.5 Å². The van der Waals surface area contributed by atoms with E-state index in [9.17, 15) is 13.2 Å². The molecule has 1 aliphatic heterocycles. The summed E-state index contributed by atoms with van der Waals surface area (Å²) in [5, 5.41) is 5.50. The quantitative estimate of drug-likeness (QED) is 0.765. The van der Waals surface area contributed by atoms with Crippen molar-refractivity contribution in [3.63, 3.8) is 0 Å². The molecule has 1 saturated heterocycles. The molecule has 1 aliphatic rings. The van der Waals surface area contributed by atoms with Crippen LogP contribution in [0.3, 0.4) is 0 Å². The molecule has 1 heterocycles. The van der Waals surface area contributed by atoms with Crippen LogP contribution in [-0.2, 0) is 10.0 Å². The molecule has 2 aromatic carbocycles. The molecule has 0 unspecified atom stereocenters. The van der Waals surface area contributed by atoms with Crippen LogP contribution >= 0.6 is 0 Å². The van der Waals surface area contributed by atoms with Gasteiger partial charge >= 0.3 is 0 Å². The summed E-state index contributed by atoms with van der Waals surface area (Å²) in [4.78, 5) is 12.9. The first-order valence-electron chi connectivity index (χ1n) is 10.2. The Kier molecular flexibility index (Phi) is 5.98. The number of piperidine rings is 1. The second-order valence-electron chi connectivity index (χ2n) is 9.53. The van der Waals surface area contributed by atoms with Crippen LogP contribution in [-0.4, -0.2) is 38.5 Å². The van der Waals surface area contributed by atoms with Gasteiger partial charge in [-0.25, -0.2) is 8.42 Å². The first kappa shape index (κ1) is 22.3. The van der Waals surface area contributed by atoms with E-state index in [-0.39, 0.29) is 27.9 Å². The van der Waals surface area contributed by atoms with Crippen LogP contribution < -0.4 is 14.9 Å². The number of rotatable bonds is 5. The van der Waals surface area contributed by atoms with Crippen LogP contribution in [0, 0.1) is 0 Å². The van der Waals surface area contributed by atoms with Crippen molar-refractivity contribution in [1.82, 2.24) is 5.32 Å². The largest absolute Gasteiger partial charge is 0.349 e. The van der Waals surface area contributed by atoms with Gasteiger partial charge in [0.2, 0.25) is 0 Å². The fourth-order valence-electron chi connectivity index (χ4n) is 4.60. The van der Waals surface area contributed by atoms with Crippen LogP contribution in [0.25, 0.3) is 0 Å². The molecule has 1 amide bonds. The summed E-state index contributed by atoms with van der Waals surface area (Å²) in [6.07, 6.45) is 1.77. The van der Waals surface area contributed by atoms with Gasteiger partial charge in [0, 0.05) is 31.5 Å². The molecule has 0 radical (unpaired) electrons. The van der Waals surface area contributed by atoms with E-state index >= 15 is 0 Å². The number of para-hydroxylation sites is 1. The van der Waals surface area contributed by atoms with E-state index in [1.807, 2.05) is 6.07 Å². The minimum Gasteiger partial charge on any atom is -0.349 e. The van der Waals surface area contributed by atoms with E-state index in [4.69, 9.17) is 0 Å². The molecule has 30 heavy (non-hydrogen) atoms. The minimum absolute atomic E-state index is 0.0552. The number of carbonyl (C=O) groups is 1. The van der Waals surface area contributed by atoms with Crippen molar-refractivity contribution in [2.24, 2.45) is 0 Å². The maximum Gasteiger partial charge on any atom is 0.264 e. The van der Waals surface area contributed by atoms with Crippen molar-refractivity contribution in [3.05, 3.63) is 60.2 Å². The van der Waals surface area contributed by atoms with Gasteiger partial charge in [-0.2, -0.15) is 0 Å². The Hall–Kier alpha value is -2.38. The number of nitrogens with two attached hydrogens (primary N) is 1. The lowest BCUT2D eigenvalue weighted by molar-refractivity contribution is -0.787. The fraction of sp³-hybridized carbons (Fsp3) is 0.435. The predicted octanol–water partition coefficient (Wildman–Crippen LogP) is 2.52. The Morgan fingerprint density at radius 3 is 2.03 bits per heavy atom. The number of nitrogens with one attached hydrogen (secondary N) is 1. The number of hydrogen-bond donors (Lipinski definition) is 2. The van der Waals surface area contributed by atoms with Crippen molar-refractivity contribution in [3.8, 4) is 0 Å². The average molecular weight is 431 g/mol. The van der Waals surface area contributed by atoms with Gasteiger partial charge in [0.1, 0.15) is 0 Å². The number of carbonyl (C=O) groups excluding carboxylic acids is 1. The van der Waals surface area contributed by atoms with Crippen molar-refractivity contribution < 1.29 is 18.5 Å². The molecule has 1 fully saturated rings. The van der Waals surface area contributed by atoms with Gasteiger partial charge < -0.3 is 10.6 Å². The van der Waals surface area contributed by atoms with E-state index in [1.54, 1.807) is 36.4 Å². The molecule has 0 aromatic heterocycles. The average Bonchev–Trinajstić information content (AvgIpc) is 2.65. The molecule has 2 aromatic rings. The zero-order chi connectivity index (χ0) is 22.2. The SMILES string of the molecule is CN(c1ccccc1)S(=O)(=O)c1ccc(C(=O)NC2CC(C)(C)[NH2+]C(C)(C)C2)cc1. The Morgan fingerprint density at radius 1 is 0.967 bits per heavy atom. The van der Waals surface area contributed by atoms with Crippen molar-refractivity contribution in [2.45, 2.75) is 62.6 Å². The van der Waals surface area contributed by atoms with E-state index in [2.05, 4.69) is 38.3 Å². The molecule has 0 spiro atoms. The maximum absolute atomic E-state index is 12.9. The molecule has 6 nitrogen and oxygen atoms in total. The Balaban J connectivity index is 1.73. The first-order valence-corrected chi connectivity index (χ1v) is 11.7. The second-order valence-corrected chi connectivity index (χ2v) is 11.5. The summed E-state index contributed by atoms with van der Waals surface area (Å²) in [6.45, 7) is 8.76. The third-order valence-electron chi connectivity index (χ3n) is 5.56. The second kappa shape index (κ2) is 8.04. The monoisotopic (exact) mass is 430 g/mol. The molecule has 0 aliphatic carbocycles. The topological polar surface area (TPSA) is 83.1 Å². The number of anilines is 1. The van der Waals surface area contributed by atoms with Gasteiger partial charge in [-0.1, -0.05) is 18.2 Å². The van der Waals surface area contributed by atoms with E-state index in [0.29, 0.717) is 11.3 Å². The van der Waals surface area contributed by atoms with Gasteiger partial charge in [-0.05, 0) is 64.1 Å². The summed E-state index contributed by atoms with van der Waals surface area (Å²) < 4.78 is 27.0. The van der Waals surface area contributed by atoms with Crippen LogP contribution in [0.4, 0.5) is 5.69 Å². The standard InChI is InChI=1S/C23H31N3O3S/c1-22(2)15-18(16-23(3,4)25-22)24-21(27)17-11-13-20(14-12-17)30(28,29)26(5)19-9-7-6-8-10-19/h6-14,18,25H,15-16H2,1-5H3,(H,24,27)/p+1. The van der Waals surface area contributed by atoms with Crippen LogP contribution in [0.1, 0.15) is 50.9 Å². The first-order chi connectivity index (χ1) is 13.9. The predicted molar refractivity (Wildman–Crippen MR) is 119 cm³/mol. The number of quaternary nitrogens is 1. The van der Waals surface area contributed by atoms with E-state index in [0.717, 1.165) is 12.8 Å². The van der Waals surface area contributed by atoms with E-state index < -0.39 is 10.0 Å². The highest BCUT2D eigenvalue weighted by molar-refractivity contribution is 7.92. The molecule has 0 atom stereocenters. The third kappa shape index (κ3) is 5.02. The Bertz CT molecular complexity index is 984. The van der Waals surface area contributed by atoms with Crippen LogP contribution in [0.15, 0.2) is 59.5 Å². The Labute approximate surface area is 179 Å². The highest BCUT2D eigenvalue weighted by Gasteiger charge is 2.42. The highest BCUT2D eigenvalue weighted by atomic mass is 32.2. The summed E-state index contributed by atoms with van der Waals surface area (Å²) in [6, 6.07) is 15.1. The highest BCUT2D eigenvalue weighted by Crippen LogP contribution is 2.24. The summed E-state index contributed by atoms with van der Waals surface area (Å²) in [7, 11) is -2.17. The summed E-state index contributed by atoms with van der Waals surface area (Å²) in [5.74, 6) is -0.172. The van der Waals surface area contributed by atoms with Crippen molar-refractivity contribution >= 4 is 21.6 Å². The zero-order valence-corrected chi connectivity index (χ0v) is 19.2. The number of benzene rings is 2. The van der Waals surface area contributed by atoms with Gasteiger partial charge in [0.05, 0.1) is 21.7 Å². The lowest BCUT2D eigenvalue weighted by Crippen LogP contribution is -3.06. The van der Waals surface area contributed by atoms with Gasteiger partial charge in [0.15, 0.2) is 0 Å². The minimum atomic E-state index is -3.70. The van der Waals surface area contributed by atoms with Gasteiger partial charge in [-0.15, -0.1) is 0 Å². The molecule has 0 saturated carbocycles. The molecule has 0 bridgehead atoms. The number of hydrogen-bond acceptors (Lipinski definition) is 3. The zero-order valence-electron chi connectivity index (χ0n) is 18.3. The van der Waals surface area contributed by atoms with Crippen molar-refractivity contribution in [1.29, 1.82) is 0 Å². The third-order valence-corrected chi connectivity index (χ3v) is 7.36.